The van der Waals surface area contributed by atoms with Gasteiger partial charge in [0.15, 0.2) is 0 Å². The highest BCUT2D eigenvalue weighted by atomic mass is 16.5. The minimum absolute atomic E-state index is 0.287. The monoisotopic (exact) mass is 373 g/mol. The summed E-state index contributed by atoms with van der Waals surface area (Å²) in [5, 5.41) is 2.68. The van der Waals surface area contributed by atoms with Gasteiger partial charge in [0, 0.05) is 24.5 Å². The summed E-state index contributed by atoms with van der Waals surface area (Å²) in [7, 11) is 0. The number of hydrogen-bond acceptors (Lipinski definition) is 8. The van der Waals surface area contributed by atoms with Crippen LogP contribution in [0.5, 0.6) is 0 Å². The molecule has 26 heavy (non-hydrogen) atoms. The first kappa shape index (κ1) is 22.5. The van der Waals surface area contributed by atoms with Gasteiger partial charge in [0.25, 0.3) is 0 Å². The molecule has 1 rings (SSSR count). The van der Waals surface area contributed by atoms with E-state index in [2.05, 4.69) is 17.7 Å². The van der Waals surface area contributed by atoms with Gasteiger partial charge in [-0.3, -0.25) is 5.84 Å². The van der Waals surface area contributed by atoms with Crippen LogP contribution in [0.2, 0.25) is 0 Å². The third-order valence-electron chi connectivity index (χ3n) is 4.58. The molecule has 2 unspecified atom stereocenters. The van der Waals surface area contributed by atoms with E-state index in [-0.39, 0.29) is 5.92 Å². The summed E-state index contributed by atoms with van der Waals surface area (Å²) < 4.78 is 15.9. The summed E-state index contributed by atoms with van der Waals surface area (Å²) in [5.41, 5.74) is 15.8. The maximum atomic E-state index is 11.8. The van der Waals surface area contributed by atoms with E-state index in [9.17, 15) is 4.79 Å². The van der Waals surface area contributed by atoms with Crippen LogP contribution in [0.1, 0.15) is 32.6 Å². The molecule has 0 saturated heterocycles. The van der Waals surface area contributed by atoms with E-state index in [1.54, 1.807) is 0 Å². The van der Waals surface area contributed by atoms with Crippen molar-refractivity contribution in [3.8, 4) is 0 Å². The second kappa shape index (κ2) is 13.6. The van der Waals surface area contributed by atoms with E-state index in [0.29, 0.717) is 52.0 Å². The highest BCUT2D eigenvalue weighted by Crippen LogP contribution is 2.28. The zero-order valence-corrected chi connectivity index (χ0v) is 15.8. The van der Waals surface area contributed by atoms with Crippen molar-refractivity contribution >= 4 is 6.09 Å². The quantitative estimate of drug-likeness (QED) is 0.195. The molecule has 0 aromatic rings. The molecule has 1 aliphatic carbocycles. The Morgan fingerprint density at radius 2 is 1.88 bits per heavy atom. The van der Waals surface area contributed by atoms with Crippen molar-refractivity contribution in [2.75, 3.05) is 46.1 Å². The molecule has 0 radical (unpaired) electrons. The normalized spacial score (nSPS) is 23.8. The molecular formula is C17H35N5O4. The number of alkyl carbamates (subject to hydrolysis) is 1. The van der Waals surface area contributed by atoms with E-state index >= 15 is 0 Å². The lowest BCUT2D eigenvalue weighted by atomic mass is 9.84. The van der Waals surface area contributed by atoms with Crippen LogP contribution in [0.3, 0.4) is 0 Å². The highest BCUT2D eigenvalue weighted by Gasteiger charge is 2.22. The van der Waals surface area contributed by atoms with Crippen molar-refractivity contribution in [3.05, 3.63) is 11.4 Å². The van der Waals surface area contributed by atoms with Crippen molar-refractivity contribution in [2.45, 2.75) is 32.6 Å². The van der Waals surface area contributed by atoms with Crippen LogP contribution in [0, 0.1) is 11.8 Å². The van der Waals surface area contributed by atoms with Crippen LogP contribution in [0.4, 0.5) is 4.79 Å². The first-order chi connectivity index (χ1) is 12.6. The van der Waals surface area contributed by atoms with E-state index < -0.39 is 6.09 Å². The molecule has 1 amide bonds. The molecular weight excluding hydrogens is 338 g/mol. The second-order valence-corrected chi connectivity index (χ2v) is 6.50. The Morgan fingerprint density at radius 1 is 1.15 bits per heavy atom. The second-order valence-electron chi connectivity index (χ2n) is 6.50. The summed E-state index contributed by atoms with van der Waals surface area (Å²) in [6, 6.07) is 0. The number of hydrazine groups is 1. The van der Waals surface area contributed by atoms with Gasteiger partial charge < -0.3 is 36.4 Å². The van der Waals surface area contributed by atoms with Crippen molar-refractivity contribution < 1.29 is 19.0 Å². The number of amides is 1. The van der Waals surface area contributed by atoms with E-state index in [1.165, 1.54) is 0 Å². The molecule has 2 atom stereocenters. The van der Waals surface area contributed by atoms with Crippen LogP contribution in [0.25, 0.3) is 0 Å². The third-order valence-corrected chi connectivity index (χ3v) is 4.58. The maximum Gasteiger partial charge on any atom is 0.407 e. The van der Waals surface area contributed by atoms with Gasteiger partial charge in [-0.1, -0.05) is 6.92 Å². The summed E-state index contributed by atoms with van der Waals surface area (Å²) in [5.74, 6) is 6.22. The summed E-state index contributed by atoms with van der Waals surface area (Å²) in [4.78, 5) is 11.8. The Balaban J connectivity index is 2.16. The smallest absolute Gasteiger partial charge is 0.407 e. The standard InChI is InChI=1S/C17H35N5O4/c1-13-2-5-16(22-20)15(19)4-3-14(13)12-26-17(23)21-7-9-25-11-10-24-8-6-18/h13-14,22H,2-12,18-20H2,1H3,(H,21,23)/b16-15-. The van der Waals surface area contributed by atoms with Crippen LogP contribution in [-0.2, 0) is 14.2 Å². The zero-order chi connectivity index (χ0) is 19.2. The highest BCUT2D eigenvalue weighted by molar-refractivity contribution is 5.67. The number of carbonyl (C=O) groups is 1. The number of nitrogens with one attached hydrogen (secondary N) is 2. The SMILES string of the molecule is CC1CC/C(NN)=C(/N)CCC1COC(=O)NCCOCCOCCN. The van der Waals surface area contributed by atoms with Crippen molar-refractivity contribution in [1.82, 2.24) is 10.7 Å². The lowest BCUT2D eigenvalue weighted by molar-refractivity contribution is 0.0505. The van der Waals surface area contributed by atoms with Gasteiger partial charge in [-0.2, -0.15) is 0 Å². The summed E-state index contributed by atoms with van der Waals surface area (Å²) in [6.45, 7) is 5.38. The molecule has 8 N–H and O–H groups in total. The van der Waals surface area contributed by atoms with Crippen molar-refractivity contribution in [2.24, 2.45) is 29.1 Å². The fourth-order valence-electron chi connectivity index (χ4n) is 2.82. The predicted octanol–water partition coefficient (Wildman–Crippen LogP) is 0.164. The van der Waals surface area contributed by atoms with Gasteiger partial charge in [0.05, 0.1) is 33.0 Å². The van der Waals surface area contributed by atoms with Crippen LogP contribution in [-0.4, -0.2) is 52.2 Å². The molecule has 0 aromatic heterocycles. The summed E-state index contributed by atoms with van der Waals surface area (Å²) in [6.07, 6.45) is 2.97. The maximum absolute atomic E-state index is 11.8. The molecule has 152 valence electrons. The van der Waals surface area contributed by atoms with Crippen molar-refractivity contribution in [1.29, 1.82) is 0 Å². The van der Waals surface area contributed by atoms with Gasteiger partial charge in [-0.05, 0) is 37.5 Å². The topological polar surface area (TPSA) is 147 Å². The average molecular weight is 373 g/mol. The van der Waals surface area contributed by atoms with Gasteiger partial charge in [0.2, 0.25) is 0 Å². The molecule has 9 heteroatoms. The number of hydrogen-bond donors (Lipinski definition) is 5. The predicted molar refractivity (Wildman–Crippen MR) is 99.7 cm³/mol. The number of rotatable bonds is 11. The average Bonchev–Trinajstić information content (AvgIpc) is 2.63. The van der Waals surface area contributed by atoms with Crippen molar-refractivity contribution in [3.63, 3.8) is 0 Å². The fraction of sp³-hybridized carbons (Fsp3) is 0.824. The number of allylic oxidation sites excluding steroid dienone is 2. The molecule has 9 nitrogen and oxygen atoms in total. The minimum atomic E-state index is -0.421. The number of carbonyl (C=O) groups excluding carboxylic acids is 1. The van der Waals surface area contributed by atoms with Crippen LogP contribution < -0.4 is 28.1 Å². The van der Waals surface area contributed by atoms with Gasteiger partial charge >= 0.3 is 6.09 Å². The Kier molecular flexibility index (Phi) is 11.8. The largest absolute Gasteiger partial charge is 0.449 e. The van der Waals surface area contributed by atoms with Crippen LogP contribution in [0.15, 0.2) is 11.4 Å². The Labute approximate surface area is 155 Å². The summed E-state index contributed by atoms with van der Waals surface area (Å²) >= 11 is 0. The van der Waals surface area contributed by atoms with E-state index in [1.807, 2.05) is 0 Å². The van der Waals surface area contributed by atoms with E-state index in [4.69, 9.17) is 31.5 Å². The third kappa shape index (κ3) is 9.23. The fourth-order valence-corrected chi connectivity index (χ4v) is 2.82. The van der Waals surface area contributed by atoms with Crippen LogP contribution >= 0.6 is 0 Å². The van der Waals surface area contributed by atoms with Gasteiger partial charge in [0.1, 0.15) is 0 Å². The number of nitrogens with two attached hydrogens (primary N) is 3. The molecule has 0 bridgehead atoms. The van der Waals surface area contributed by atoms with Gasteiger partial charge in [-0.15, -0.1) is 0 Å². The molecule has 0 aromatic carbocycles. The molecule has 0 heterocycles. The zero-order valence-electron chi connectivity index (χ0n) is 15.8. The minimum Gasteiger partial charge on any atom is -0.449 e. The Morgan fingerprint density at radius 3 is 2.58 bits per heavy atom. The van der Waals surface area contributed by atoms with E-state index in [0.717, 1.165) is 37.1 Å². The molecule has 0 saturated carbocycles. The lowest BCUT2D eigenvalue weighted by Gasteiger charge is -2.27. The molecule has 0 fully saturated rings. The lowest BCUT2D eigenvalue weighted by Crippen LogP contribution is -2.32. The number of ether oxygens (including phenoxy) is 3. The molecule has 1 aliphatic rings. The first-order valence-electron chi connectivity index (χ1n) is 9.28. The Hall–Kier alpha value is -1.55. The molecule has 0 aliphatic heterocycles. The van der Waals surface area contributed by atoms with Gasteiger partial charge in [-0.25, -0.2) is 4.79 Å². The Bertz CT molecular complexity index is 433. The first-order valence-corrected chi connectivity index (χ1v) is 9.28. The molecule has 0 spiro atoms.